The molecule has 0 saturated carbocycles. The molecule has 0 bridgehead atoms. The van der Waals surface area contributed by atoms with Crippen LogP contribution < -0.4 is 10.2 Å². The number of amides is 1. The zero-order valence-corrected chi connectivity index (χ0v) is 15.4. The Morgan fingerprint density at radius 1 is 1.08 bits per heavy atom. The lowest BCUT2D eigenvalue weighted by atomic mass is 9.89. The second-order valence-electron chi connectivity index (χ2n) is 7.16. The first-order valence-electron chi connectivity index (χ1n) is 9.30. The van der Waals surface area contributed by atoms with Crippen molar-refractivity contribution in [2.75, 3.05) is 25.0 Å². The Morgan fingerprint density at radius 3 is 2.50 bits per heavy atom. The number of benzene rings is 1. The average Bonchev–Trinajstić information content (AvgIpc) is 3.15. The molecule has 1 aromatic carbocycles. The summed E-state index contributed by atoms with van der Waals surface area (Å²) in [5, 5.41) is 2.67. The summed E-state index contributed by atoms with van der Waals surface area (Å²) in [6.07, 6.45) is 4.42. The van der Waals surface area contributed by atoms with Gasteiger partial charge in [0.2, 0.25) is 0 Å². The molecule has 4 heteroatoms. The fourth-order valence-corrected chi connectivity index (χ4v) is 4.01. The van der Waals surface area contributed by atoms with Gasteiger partial charge in [-0.25, -0.2) is 0 Å². The molecule has 1 amide bonds. The van der Waals surface area contributed by atoms with Gasteiger partial charge in [0.1, 0.15) is 5.82 Å². The van der Waals surface area contributed by atoms with Gasteiger partial charge in [-0.3, -0.25) is 4.79 Å². The second-order valence-corrected chi connectivity index (χ2v) is 7.16. The van der Waals surface area contributed by atoms with Crippen LogP contribution in [0.5, 0.6) is 0 Å². The first kappa shape index (κ1) is 16.7. The summed E-state index contributed by atoms with van der Waals surface area (Å²) in [5.41, 5.74) is 4.63. The maximum atomic E-state index is 11.7. The Balaban J connectivity index is 1.48. The van der Waals surface area contributed by atoms with Crippen LogP contribution in [0.15, 0.2) is 54.7 Å². The van der Waals surface area contributed by atoms with Gasteiger partial charge in [-0.05, 0) is 73.2 Å². The maximum Gasteiger partial charge on any atom is 0.251 e. The first-order valence-corrected chi connectivity index (χ1v) is 9.30. The lowest BCUT2D eigenvalue weighted by Gasteiger charge is -2.34. The molecule has 1 saturated heterocycles. The van der Waals surface area contributed by atoms with Gasteiger partial charge in [-0.2, -0.15) is 0 Å². The molecule has 3 aromatic rings. The highest BCUT2D eigenvalue weighted by molar-refractivity contribution is 5.93. The van der Waals surface area contributed by atoms with E-state index in [0.29, 0.717) is 5.92 Å². The lowest BCUT2D eigenvalue weighted by Crippen LogP contribution is -2.34. The van der Waals surface area contributed by atoms with Crippen molar-refractivity contribution < 1.29 is 4.79 Å². The van der Waals surface area contributed by atoms with E-state index in [1.807, 2.05) is 12.1 Å². The van der Waals surface area contributed by atoms with Crippen LogP contribution in [0.3, 0.4) is 0 Å². The van der Waals surface area contributed by atoms with Gasteiger partial charge >= 0.3 is 0 Å². The van der Waals surface area contributed by atoms with Crippen LogP contribution in [0.1, 0.15) is 40.2 Å². The molecule has 1 aliphatic heterocycles. The van der Waals surface area contributed by atoms with Crippen molar-refractivity contribution in [3.8, 4) is 0 Å². The number of hydrogen-bond acceptors (Lipinski definition) is 2. The number of anilines is 1. The highest BCUT2D eigenvalue weighted by Crippen LogP contribution is 2.31. The first-order chi connectivity index (χ1) is 12.7. The monoisotopic (exact) mass is 347 g/mol. The zero-order valence-electron chi connectivity index (χ0n) is 15.4. The fraction of sp³-hybridized carbons (Fsp3) is 0.318. The van der Waals surface area contributed by atoms with E-state index in [1.54, 1.807) is 7.05 Å². The molecular formula is C22H25N3O. The van der Waals surface area contributed by atoms with Crippen molar-refractivity contribution in [3.63, 3.8) is 0 Å². The van der Waals surface area contributed by atoms with E-state index in [-0.39, 0.29) is 5.91 Å². The molecule has 3 heterocycles. The van der Waals surface area contributed by atoms with E-state index in [0.717, 1.165) is 31.5 Å². The van der Waals surface area contributed by atoms with Crippen molar-refractivity contribution in [3.05, 3.63) is 71.4 Å². The quantitative estimate of drug-likeness (QED) is 0.778. The Bertz CT molecular complexity index is 918. The van der Waals surface area contributed by atoms with Crippen LogP contribution in [0, 0.1) is 6.92 Å². The van der Waals surface area contributed by atoms with Crippen LogP contribution in [-0.4, -0.2) is 30.4 Å². The van der Waals surface area contributed by atoms with E-state index in [9.17, 15) is 4.79 Å². The number of nitrogens with one attached hydrogen (secondary N) is 1. The number of fused-ring (bicyclic) bond motifs is 1. The molecule has 1 N–H and O–H groups in total. The minimum Gasteiger partial charge on any atom is -0.358 e. The van der Waals surface area contributed by atoms with E-state index < -0.39 is 0 Å². The topological polar surface area (TPSA) is 36.8 Å². The Kier molecular flexibility index (Phi) is 4.41. The molecule has 4 rings (SSSR count). The van der Waals surface area contributed by atoms with Gasteiger partial charge in [0, 0.05) is 37.4 Å². The molecule has 0 unspecified atom stereocenters. The summed E-state index contributed by atoms with van der Waals surface area (Å²) in [6, 6.07) is 16.9. The highest BCUT2D eigenvalue weighted by atomic mass is 16.1. The number of aryl methyl sites for hydroxylation is 1. The van der Waals surface area contributed by atoms with Crippen LogP contribution in [0.2, 0.25) is 0 Å². The normalized spacial score (nSPS) is 15.4. The zero-order chi connectivity index (χ0) is 18.1. The van der Waals surface area contributed by atoms with E-state index in [2.05, 4.69) is 64.1 Å². The molecule has 2 aromatic heterocycles. The predicted molar refractivity (Wildman–Crippen MR) is 106 cm³/mol. The van der Waals surface area contributed by atoms with Crippen molar-refractivity contribution >= 4 is 17.2 Å². The summed E-state index contributed by atoms with van der Waals surface area (Å²) < 4.78 is 2.28. The molecule has 26 heavy (non-hydrogen) atoms. The second kappa shape index (κ2) is 6.87. The summed E-state index contributed by atoms with van der Waals surface area (Å²) in [4.78, 5) is 14.2. The lowest BCUT2D eigenvalue weighted by molar-refractivity contribution is 0.0963. The fourth-order valence-electron chi connectivity index (χ4n) is 4.01. The molecule has 0 spiro atoms. The number of carbonyl (C=O) groups is 1. The Labute approximate surface area is 154 Å². The summed E-state index contributed by atoms with van der Waals surface area (Å²) in [6.45, 7) is 4.27. The summed E-state index contributed by atoms with van der Waals surface area (Å²) in [5.74, 6) is 1.83. The van der Waals surface area contributed by atoms with Crippen molar-refractivity contribution in [1.82, 2.24) is 9.72 Å². The standard InChI is InChI=1S/C22H25N3O/c1-16-14-20-4-3-11-25(20)21(15-16)24-12-9-18(10-13-24)17-5-7-19(8-6-17)22(26)23-2/h3-8,11,14-15,18H,9-10,12-13H2,1-2H3,(H,23,26). The number of carbonyl (C=O) groups excluding carboxylic acids is 1. The van der Waals surface area contributed by atoms with Gasteiger partial charge in [0.25, 0.3) is 5.91 Å². The van der Waals surface area contributed by atoms with E-state index in [1.165, 1.54) is 22.5 Å². The number of hydrogen-bond donors (Lipinski definition) is 1. The van der Waals surface area contributed by atoms with Crippen LogP contribution in [0.4, 0.5) is 5.82 Å². The molecule has 4 nitrogen and oxygen atoms in total. The number of nitrogens with zero attached hydrogens (tertiary/aromatic N) is 2. The Hall–Kier alpha value is -2.75. The molecule has 134 valence electrons. The SMILES string of the molecule is CNC(=O)c1ccc(C2CCN(c3cc(C)cc4cccn34)CC2)cc1. The van der Waals surface area contributed by atoms with Gasteiger partial charge in [0.15, 0.2) is 0 Å². The van der Waals surface area contributed by atoms with E-state index in [4.69, 9.17) is 0 Å². The largest absolute Gasteiger partial charge is 0.358 e. The van der Waals surface area contributed by atoms with Crippen molar-refractivity contribution in [2.45, 2.75) is 25.7 Å². The smallest absolute Gasteiger partial charge is 0.251 e. The summed E-state index contributed by atoms with van der Waals surface area (Å²) >= 11 is 0. The third kappa shape index (κ3) is 3.07. The number of pyridine rings is 1. The van der Waals surface area contributed by atoms with Gasteiger partial charge in [-0.15, -0.1) is 0 Å². The molecule has 1 aliphatic rings. The average molecular weight is 347 g/mol. The predicted octanol–water partition coefficient (Wildman–Crippen LogP) is 3.99. The number of rotatable bonds is 3. The third-order valence-corrected chi connectivity index (χ3v) is 5.45. The minimum absolute atomic E-state index is 0.0263. The van der Waals surface area contributed by atoms with Crippen LogP contribution in [0.25, 0.3) is 5.52 Å². The number of piperidine rings is 1. The molecular weight excluding hydrogens is 322 g/mol. The molecule has 0 aliphatic carbocycles. The van der Waals surface area contributed by atoms with Crippen molar-refractivity contribution in [2.24, 2.45) is 0 Å². The number of aromatic nitrogens is 1. The maximum absolute atomic E-state index is 11.7. The summed E-state index contributed by atoms with van der Waals surface area (Å²) in [7, 11) is 1.67. The van der Waals surface area contributed by atoms with Crippen LogP contribution >= 0.6 is 0 Å². The van der Waals surface area contributed by atoms with Crippen molar-refractivity contribution in [1.29, 1.82) is 0 Å². The van der Waals surface area contributed by atoms with Crippen LogP contribution in [-0.2, 0) is 0 Å². The van der Waals surface area contributed by atoms with E-state index >= 15 is 0 Å². The van der Waals surface area contributed by atoms with Gasteiger partial charge in [-0.1, -0.05) is 12.1 Å². The van der Waals surface area contributed by atoms with Gasteiger partial charge < -0.3 is 14.6 Å². The van der Waals surface area contributed by atoms with Gasteiger partial charge in [0.05, 0.1) is 0 Å². The molecule has 0 radical (unpaired) electrons. The highest BCUT2D eigenvalue weighted by Gasteiger charge is 2.22. The molecule has 0 atom stereocenters. The minimum atomic E-state index is -0.0263. The Morgan fingerprint density at radius 2 is 1.81 bits per heavy atom. The third-order valence-electron chi connectivity index (χ3n) is 5.45. The molecule has 1 fully saturated rings.